The number of nitrogens with zero attached hydrogens (tertiary/aromatic N) is 2. The van der Waals surface area contributed by atoms with Gasteiger partial charge in [-0.1, -0.05) is 0 Å². The lowest BCUT2D eigenvalue weighted by molar-refractivity contribution is -0.126. The molecular formula is C17H25N3O4. The first-order chi connectivity index (χ1) is 11.8. The van der Waals surface area contributed by atoms with Crippen molar-refractivity contribution in [2.45, 2.75) is 25.3 Å². The van der Waals surface area contributed by atoms with E-state index < -0.39 is 0 Å². The van der Waals surface area contributed by atoms with E-state index in [9.17, 15) is 9.59 Å². The Hall–Kier alpha value is -1.86. The number of nitrogens with one attached hydrogen (secondary N) is 1. The van der Waals surface area contributed by atoms with Gasteiger partial charge in [0.1, 0.15) is 12.3 Å². The summed E-state index contributed by atoms with van der Waals surface area (Å²) < 4.78 is 10.3. The lowest BCUT2D eigenvalue weighted by atomic mass is 10.0. The lowest BCUT2D eigenvalue weighted by Crippen LogP contribution is -2.53. The van der Waals surface area contributed by atoms with Gasteiger partial charge in [-0.25, -0.2) is 0 Å². The predicted octanol–water partition coefficient (Wildman–Crippen LogP) is 0.723. The Bertz CT molecular complexity index is 540. The van der Waals surface area contributed by atoms with Gasteiger partial charge in [-0.3, -0.25) is 14.5 Å². The van der Waals surface area contributed by atoms with Crippen molar-refractivity contribution in [1.29, 1.82) is 0 Å². The van der Waals surface area contributed by atoms with Crippen LogP contribution in [0.2, 0.25) is 0 Å². The molecule has 1 N–H and O–H groups in total. The molecule has 0 aromatic carbocycles. The number of likely N-dealkylation sites (tertiary alicyclic amines) is 1. The minimum Gasteiger partial charge on any atom is -0.472 e. The lowest BCUT2D eigenvalue weighted by Gasteiger charge is -2.34. The minimum atomic E-state index is -0.383. The zero-order valence-corrected chi connectivity index (χ0v) is 13.9. The first kappa shape index (κ1) is 17.0. The fourth-order valence-electron chi connectivity index (χ4n) is 3.28. The van der Waals surface area contributed by atoms with Gasteiger partial charge >= 0.3 is 0 Å². The number of piperidine rings is 1. The summed E-state index contributed by atoms with van der Waals surface area (Å²) >= 11 is 0. The maximum Gasteiger partial charge on any atom is 0.257 e. The number of hydrogen-bond donors (Lipinski definition) is 1. The molecule has 2 amide bonds. The first-order valence-electron chi connectivity index (χ1n) is 8.66. The summed E-state index contributed by atoms with van der Waals surface area (Å²) in [5.74, 6) is -0.184. The smallest absolute Gasteiger partial charge is 0.257 e. The summed E-state index contributed by atoms with van der Waals surface area (Å²) in [5.41, 5.74) is 0.503. The Morgan fingerprint density at radius 2 is 2.04 bits per heavy atom. The summed E-state index contributed by atoms with van der Waals surface area (Å²) in [7, 11) is 0. The van der Waals surface area contributed by atoms with Crippen molar-refractivity contribution in [3.63, 3.8) is 0 Å². The van der Waals surface area contributed by atoms with Gasteiger partial charge in [0.2, 0.25) is 5.91 Å². The third-order valence-corrected chi connectivity index (χ3v) is 4.67. The molecule has 1 aromatic heterocycles. The number of furan rings is 1. The normalized spacial score (nSPS) is 22.3. The second-order valence-electron chi connectivity index (χ2n) is 6.27. The van der Waals surface area contributed by atoms with E-state index in [1.807, 2.05) is 0 Å². The molecule has 0 saturated carbocycles. The average Bonchev–Trinajstić information content (AvgIpc) is 3.16. The van der Waals surface area contributed by atoms with E-state index in [0.29, 0.717) is 25.1 Å². The molecule has 7 nitrogen and oxygen atoms in total. The number of rotatable bonds is 5. The van der Waals surface area contributed by atoms with E-state index >= 15 is 0 Å². The molecule has 132 valence electrons. The summed E-state index contributed by atoms with van der Waals surface area (Å²) in [6.45, 7) is 5.36. The highest BCUT2D eigenvalue weighted by Gasteiger charge is 2.32. The van der Waals surface area contributed by atoms with Crippen LogP contribution in [0.5, 0.6) is 0 Å². The molecule has 2 aliphatic heterocycles. The van der Waals surface area contributed by atoms with Crippen molar-refractivity contribution in [1.82, 2.24) is 15.1 Å². The van der Waals surface area contributed by atoms with E-state index in [4.69, 9.17) is 9.15 Å². The molecule has 1 atom stereocenters. The summed E-state index contributed by atoms with van der Waals surface area (Å²) in [5, 5.41) is 2.99. The zero-order valence-electron chi connectivity index (χ0n) is 13.9. The maximum atomic E-state index is 12.6. The third-order valence-electron chi connectivity index (χ3n) is 4.67. The second kappa shape index (κ2) is 8.30. The molecular weight excluding hydrogens is 310 g/mol. The van der Waals surface area contributed by atoms with Crippen molar-refractivity contribution in [3.8, 4) is 0 Å². The molecule has 0 radical (unpaired) electrons. The zero-order chi connectivity index (χ0) is 16.8. The van der Waals surface area contributed by atoms with Crippen molar-refractivity contribution < 1.29 is 18.7 Å². The van der Waals surface area contributed by atoms with Gasteiger partial charge in [0.25, 0.3) is 5.91 Å². The Morgan fingerprint density at radius 3 is 2.79 bits per heavy atom. The highest BCUT2D eigenvalue weighted by atomic mass is 16.5. The monoisotopic (exact) mass is 335 g/mol. The highest BCUT2D eigenvalue weighted by Crippen LogP contribution is 2.20. The molecule has 2 saturated heterocycles. The Balaban J connectivity index is 1.52. The standard InChI is InChI=1S/C17H25N3O4/c21-16(18-5-7-19-8-11-23-12-9-19)15-3-1-2-6-20(15)17(22)14-4-10-24-13-14/h4,10,13,15H,1-3,5-9,11-12H2,(H,18,21)/t15-/m1/s1. The van der Waals surface area contributed by atoms with Crippen LogP contribution in [0, 0.1) is 0 Å². The van der Waals surface area contributed by atoms with Gasteiger partial charge in [-0.05, 0) is 25.3 Å². The van der Waals surface area contributed by atoms with E-state index in [0.717, 1.165) is 45.7 Å². The summed E-state index contributed by atoms with van der Waals surface area (Å²) in [4.78, 5) is 29.1. The number of carbonyl (C=O) groups is 2. The minimum absolute atomic E-state index is 0.0557. The van der Waals surface area contributed by atoms with Gasteiger partial charge in [0.05, 0.1) is 25.0 Å². The van der Waals surface area contributed by atoms with Gasteiger partial charge in [-0.2, -0.15) is 0 Å². The van der Waals surface area contributed by atoms with Crippen LogP contribution in [0.1, 0.15) is 29.6 Å². The molecule has 1 aromatic rings. The van der Waals surface area contributed by atoms with Crippen LogP contribution in [0.15, 0.2) is 23.0 Å². The number of amides is 2. The molecule has 0 spiro atoms. The van der Waals surface area contributed by atoms with Gasteiger partial charge in [0.15, 0.2) is 0 Å². The SMILES string of the molecule is O=C(NCCN1CCOCC1)[C@H]1CCCCN1C(=O)c1ccoc1. The van der Waals surface area contributed by atoms with Gasteiger partial charge < -0.3 is 19.4 Å². The molecule has 0 unspecified atom stereocenters. The molecule has 7 heteroatoms. The quantitative estimate of drug-likeness (QED) is 0.858. The molecule has 0 aliphatic carbocycles. The molecule has 24 heavy (non-hydrogen) atoms. The van der Waals surface area contributed by atoms with E-state index in [2.05, 4.69) is 10.2 Å². The van der Waals surface area contributed by atoms with Crippen LogP contribution in [0.25, 0.3) is 0 Å². The van der Waals surface area contributed by atoms with Crippen molar-refractivity contribution >= 4 is 11.8 Å². The largest absolute Gasteiger partial charge is 0.472 e. The van der Waals surface area contributed by atoms with Gasteiger partial charge in [-0.15, -0.1) is 0 Å². The topological polar surface area (TPSA) is 75.0 Å². The fourth-order valence-corrected chi connectivity index (χ4v) is 3.28. The summed E-state index contributed by atoms with van der Waals surface area (Å²) in [6, 6.07) is 1.26. The van der Waals surface area contributed by atoms with Crippen molar-refractivity contribution in [3.05, 3.63) is 24.2 Å². The number of morpholine rings is 1. The van der Waals surface area contributed by atoms with E-state index in [-0.39, 0.29) is 17.9 Å². The Kier molecular flexibility index (Phi) is 5.87. The highest BCUT2D eigenvalue weighted by molar-refractivity contribution is 5.97. The van der Waals surface area contributed by atoms with Crippen LogP contribution >= 0.6 is 0 Å². The molecule has 2 aliphatic rings. The Morgan fingerprint density at radius 1 is 1.21 bits per heavy atom. The van der Waals surface area contributed by atoms with E-state index in [1.165, 1.54) is 12.5 Å². The van der Waals surface area contributed by atoms with Crippen LogP contribution in [-0.4, -0.2) is 73.6 Å². The predicted molar refractivity (Wildman–Crippen MR) is 87.7 cm³/mol. The number of carbonyl (C=O) groups excluding carboxylic acids is 2. The molecule has 3 heterocycles. The van der Waals surface area contributed by atoms with Gasteiger partial charge in [0, 0.05) is 32.7 Å². The van der Waals surface area contributed by atoms with E-state index in [1.54, 1.807) is 11.0 Å². The van der Waals surface area contributed by atoms with Crippen LogP contribution in [0.4, 0.5) is 0 Å². The first-order valence-corrected chi connectivity index (χ1v) is 8.66. The van der Waals surface area contributed by atoms with Crippen LogP contribution < -0.4 is 5.32 Å². The maximum absolute atomic E-state index is 12.6. The van der Waals surface area contributed by atoms with Crippen molar-refractivity contribution in [2.75, 3.05) is 45.9 Å². The van der Waals surface area contributed by atoms with Crippen molar-refractivity contribution in [2.24, 2.45) is 0 Å². The third kappa shape index (κ3) is 4.15. The summed E-state index contributed by atoms with van der Waals surface area (Å²) in [6.07, 6.45) is 5.53. The average molecular weight is 335 g/mol. The molecule has 0 bridgehead atoms. The van der Waals surface area contributed by atoms with Crippen LogP contribution in [0.3, 0.4) is 0 Å². The molecule has 2 fully saturated rings. The van der Waals surface area contributed by atoms with Crippen LogP contribution in [-0.2, 0) is 9.53 Å². The fraction of sp³-hybridized carbons (Fsp3) is 0.647. The Labute approximate surface area is 141 Å². The second-order valence-corrected chi connectivity index (χ2v) is 6.27. The number of hydrogen-bond acceptors (Lipinski definition) is 5. The molecule has 3 rings (SSSR count). The number of ether oxygens (including phenoxy) is 1.